The van der Waals surface area contributed by atoms with E-state index in [0.717, 1.165) is 24.3 Å². The molecule has 0 saturated carbocycles. The molecular weight excluding hydrogens is 248 g/mol. The largest absolute Gasteiger partial charge is 0.343 e. The predicted octanol–water partition coefficient (Wildman–Crippen LogP) is 1.65. The van der Waals surface area contributed by atoms with Crippen molar-refractivity contribution in [3.05, 3.63) is 0 Å². The smallest absolute Gasteiger partial charge is 0.245 e. The zero-order valence-corrected chi connectivity index (χ0v) is 12.4. The monoisotopic (exact) mass is 272 g/mol. The first kappa shape index (κ1) is 15.3. The van der Waals surface area contributed by atoms with Crippen LogP contribution in [0.2, 0.25) is 0 Å². The number of nitrogens with one attached hydrogen (secondary N) is 1. The van der Waals surface area contributed by atoms with E-state index in [1.807, 2.05) is 13.8 Å². The van der Waals surface area contributed by atoms with Gasteiger partial charge in [0.05, 0.1) is 0 Å². The summed E-state index contributed by atoms with van der Waals surface area (Å²) in [5.41, 5.74) is 0. The average Bonchev–Trinajstić information content (AvgIpc) is 2.35. The van der Waals surface area contributed by atoms with Crippen LogP contribution in [0.1, 0.15) is 40.0 Å². The van der Waals surface area contributed by atoms with Crippen LogP contribution in [0.4, 0.5) is 0 Å². The van der Waals surface area contributed by atoms with Crippen molar-refractivity contribution < 1.29 is 9.59 Å². The van der Waals surface area contributed by atoms with Crippen LogP contribution in [0.25, 0.3) is 0 Å². The molecule has 0 aromatic carbocycles. The highest BCUT2D eigenvalue weighted by atomic mass is 32.2. The van der Waals surface area contributed by atoms with Crippen molar-refractivity contribution in [1.82, 2.24) is 10.2 Å². The summed E-state index contributed by atoms with van der Waals surface area (Å²) in [6.45, 7) is 6.77. The van der Waals surface area contributed by atoms with E-state index in [-0.39, 0.29) is 23.9 Å². The SMILES string of the molecule is CCCC1NC(=O)C(CC)N(CCSCC)C1=O. The van der Waals surface area contributed by atoms with E-state index < -0.39 is 0 Å². The molecule has 0 aliphatic carbocycles. The number of thioether (sulfide) groups is 1. The molecule has 0 aromatic heterocycles. The summed E-state index contributed by atoms with van der Waals surface area (Å²) in [4.78, 5) is 26.1. The Labute approximate surface area is 114 Å². The molecule has 1 fully saturated rings. The Morgan fingerprint density at radius 3 is 2.56 bits per heavy atom. The van der Waals surface area contributed by atoms with Crippen molar-refractivity contribution in [3.63, 3.8) is 0 Å². The lowest BCUT2D eigenvalue weighted by molar-refractivity contribution is -0.149. The van der Waals surface area contributed by atoms with E-state index in [4.69, 9.17) is 0 Å². The summed E-state index contributed by atoms with van der Waals surface area (Å²) in [5.74, 6) is 2.06. The van der Waals surface area contributed by atoms with Gasteiger partial charge in [0.1, 0.15) is 12.1 Å². The van der Waals surface area contributed by atoms with E-state index in [1.165, 1.54) is 0 Å². The Hall–Kier alpha value is -0.710. The first-order valence-electron chi connectivity index (χ1n) is 6.84. The van der Waals surface area contributed by atoms with Gasteiger partial charge in [0.2, 0.25) is 11.8 Å². The molecule has 1 aliphatic heterocycles. The maximum absolute atomic E-state index is 12.3. The summed E-state index contributed by atoms with van der Waals surface area (Å²) < 4.78 is 0. The fraction of sp³-hybridized carbons (Fsp3) is 0.846. The fourth-order valence-corrected chi connectivity index (χ4v) is 2.90. The van der Waals surface area contributed by atoms with Crippen LogP contribution in [0.5, 0.6) is 0 Å². The van der Waals surface area contributed by atoms with Crippen LogP contribution in [0, 0.1) is 0 Å². The normalized spacial score (nSPS) is 24.3. The number of hydrogen-bond donors (Lipinski definition) is 1. The van der Waals surface area contributed by atoms with Crippen molar-refractivity contribution in [2.45, 2.75) is 52.1 Å². The third-order valence-electron chi connectivity index (χ3n) is 3.22. The standard InChI is InChI=1S/C13H24N2O2S/c1-4-7-10-13(17)15(8-9-18-6-3)11(5-2)12(16)14-10/h10-11H,4-9H2,1-3H3,(H,14,16). The van der Waals surface area contributed by atoms with Gasteiger partial charge in [-0.15, -0.1) is 0 Å². The molecular formula is C13H24N2O2S. The molecule has 0 radical (unpaired) electrons. The highest BCUT2D eigenvalue weighted by Gasteiger charge is 2.38. The molecule has 4 nitrogen and oxygen atoms in total. The molecule has 0 bridgehead atoms. The van der Waals surface area contributed by atoms with Gasteiger partial charge in [0.15, 0.2) is 0 Å². The summed E-state index contributed by atoms with van der Waals surface area (Å²) in [5, 5.41) is 2.85. The van der Waals surface area contributed by atoms with Crippen LogP contribution in [-0.2, 0) is 9.59 Å². The van der Waals surface area contributed by atoms with Crippen LogP contribution in [0.15, 0.2) is 0 Å². The van der Waals surface area contributed by atoms with Crippen molar-refractivity contribution in [1.29, 1.82) is 0 Å². The Balaban J connectivity index is 2.71. The minimum absolute atomic E-state index is 0.0112. The van der Waals surface area contributed by atoms with Crippen molar-refractivity contribution in [3.8, 4) is 0 Å². The molecule has 104 valence electrons. The Morgan fingerprint density at radius 1 is 1.28 bits per heavy atom. The number of amides is 2. The van der Waals surface area contributed by atoms with Crippen LogP contribution in [0.3, 0.4) is 0 Å². The summed E-state index contributed by atoms with van der Waals surface area (Å²) >= 11 is 1.81. The Bertz CT molecular complexity index is 297. The second kappa shape index (κ2) is 7.67. The van der Waals surface area contributed by atoms with Gasteiger partial charge in [-0.2, -0.15) is 11.8 Å². The molecule has 0 aromatic rings. The van der Waals surface area contributed by atoms with Crippen LogP contribution < -0.4 is 5.32 Å². The number of rotatable bonds is 7. The lowest BCUT2D eigenvalue weighted by Gasteiger charge is -2.38. The third kappa shape index (κ3) is 3.64. The van der Waals surface area contributed by atoms with E-state index >= 15 is 0 Å². The number of carbonyl (C=O) groups is 2. The first-order chi connectivity index (χ1) is 8.65. The van der Waals surface area contributed by atoms with Crippen molar-refractivity contribution >= 4 is 23.6 Å². The summed E-state index contributed by atoms with van der Waals surface area (Å²) in [6.07, 6.45) is 2.33. The second-order valence-corrected chi connectivity index (χ2v) is 5.90. The maximum atomic E-state index is 12.3. The lowest BCUT2D eigenvalue weighted by Crippen LogP contribution is -2.63. The molecule has 2 unspecified atom stereocenters. The van der Waals surface area contributed by atoms with E-state index in [0.29, 0.717) is 13.0 Å². The molecule has 5 heteroatoms. The van der Waals surface area contributed by atoms with E-state index in [9.17, 15) is 9.59 Å². The fourth-order valence-electron chi connectivity index (χ4n) is 2.29. The molecule has 1 N–H and O–H groups in total. The molecule has 18 heavy (non-hydrogen) atoms. The molecule has 1 aliphatic rings. The molecule has 1 heterocycles. The van der Waals surface area contributed by atoms with Gasteiger partial charge in [-0.05, 0) is 18.6 Å². The third-order valence-corrected chi connectivity index (χ3v) is 4.10. The van der Waals surface area contributed by atoms with Gasteiger partial charge in [-0.3, -0.25) is 9.59 Å². The quantitative estimate of drug-likeness (QED) is 0.717. The van der Waals surface area contributed by atoms with Gasteiger partial charge >= 0.3 is 0 Å². The zero-order chi connectivity index (χ0) is 13.5. The van der Waals surface area contributed by atoms with Gasteiger partial charge in [0, 0.05) is 12.3 Å². The maximum Gasteiger partial charge on any atom is 0.245 e. The number of carbonyl (C=O) groups excluding carboxylic acids is 2. The van der Waals surface area contributed by atoms with E-state index in [2.05, 4.69) is 12.2 Å². The Kier molecular flexibility index (Phi) is 6.54. The minimum atomic E-state index is -0.308. The molecule has 2 amide bonds. The van der Waals surface area contributed by atoms with Crippen molar-refractivity contribution in [2.24, 2.45) is 0 Å². The zero-order valence-electron chi connectivity index (χ0n) is 11.6. The number of nitrogens with zero attached hydrogens (tertiary/aromatic N) is 1. The highest BCUT2D eigenvalue weighted by Crippen LogP contribution is 2.16. The van der Waals surface area contributed by atoms with Crippen LogP contribution in [-0.4, -0.2) is 46.8 Å². The van der Waals surface area contributed by atoms with Gasteiger partial charge in [-0.1, -0.05) is 27.2 Å². The molecule has 1 rings (SSSR count). The Morgan fingerprint density at radius 2 is 2.00 bits per heavy atom. The first-order valence-corrected chi connectivity index (χ1v) is 7.99. The van der Waals surface area contributed by atoms with Gasteiger partial charge < -0.3 is 10.2 Å². The predicted molar refractivity (Wildman–Crippen MR) is 75.6 cm³/mol. The molecule has 2 atom stereocenters. The molecule has 1 saturated heterocycles. The lowest BCUT2D eigenvalue weighted by atomic mass is 10.0. The van der Waals surface area contributed by atoms with Crippen molar-refractivity contribution in [2.75, 3.05) is 18.1 Å². The van der Waals surface area contributed by atoms with Gasteiger partial charge in [-0.25, -0.2) is 0 Å². The molecule has 0 spiro atoms. The summed E-state index contributed by atoms with van der Waals surface area (Å²) in [7, 11) is 0. The minimum Gasteiger partial charge on any atom is -0.343 e. The summed E-state index contributed by atoms with van der Waals surface area (Å²) in [6, 6.07) is -0.583. The topological polar surface area (TPSA) is 49.4 Å². The second-order valence-electron chi connectivity index (χ2n) is 4.50. The van der Waals surface area contributed by atoms with Gasteiger partial charge in [0.25, 0.3) is 0 Å². The number of piperazine rings is 1. The van der Waals surface area contributed by atoms with Crippen LogP contribution >= 0.6 is 11.8 Å². The number of hydrogen-bond acceptors (Lipinski definition) is 3. The van der Waals surface area contributed by atoms with E-state index in [1.54, 1.807) is 16.7 Å². The average molecular weight is 272 g/mol. The highest BCUT2D eigenvalue weighted by molar-refractivity contribution is 7.99.